The molecule has 174 valence electrons. The topological polar surface area (TPSA) is 66.9 Å². The molecule has 0 aliphatic carbocycles. The number of hydrogen-bond donors (Lipinski definition) is 0. The summed E-state index contributed by atoms with van der Waals surface area (Å²) >= 11 is 0. The van der Waals surface area contributed by atoms with Crippen LogP contribution in [0.25, 0.3) is 11.1 Å². The Bertz CT molecular complexity index is 1070. The van der Waals surface area contributed by atoms with Gasteiger partial charge in [0.2, 0.25) is 5.95 Å². The third-order valence-corrected chi connectivity index (χ3v) is 5.75. The number of aromatic nitrogens is 3. The molecule has 0 N–H and O–H groups in total. The Balaban J connectivity index is 1.63. The van der Waals surface area contributed by atoms with Crippen LogP contribution in [0.3, 0.4) is 0 Å². The van der Waals surface area contributed by atoms with Crippen molar-refractivity contribution < 1.29 is 9.47 Å². The van der Waals surface area contributed by atoms with Crippen molar-refractivity contribution >= 4 is 11.8 Å². The van der Waals surface area contributed by atoms with Crippen molar-refractivity contribution in [3.8, 4) is 16.9 Å². The van der Waals surface area contributed by atoms with Crippen molar-refractivity contribution in [2.45, 2.75) is 12.6 Å². The van der Waals surface area contributed by atoms with E-state index < -0.39 is 0 Å². The molecule has 3 heterocycles. The number of ether oxygens (including phenoxy) is 2. The van der Waals surface area contributed by atoms with Crippen LogP contribution in [0, 0.1) is 0 Å². The largest absolute Gasteiger partial charge is 0.497 e. The van der Waals surface area contributed by atoms with Crippen molar-refractivity contribution in [1.82, 2.24) is 19.9 Å². The van der Waals surface area contributed by atoms with Gasteiger partial charge in [-0.1, -0.05) is 18.2 Å². The summed E-state index contributed by atoms with van der Waals surface area (Å²) in [6.07, 6.45) is 3.58. The fourth-order valence-corrected chi connectivity index (χ4v) is 4.05. The van der Waals surface area contributed by atoms with Gasteiger partial charge in [-0.3, -0.25) is 4.90 Å². The molecule has 1 atom stereocenters. The molecule has 0 saturated carbocycles. The van der Waals surface area contributed by atoms with Crippen LogP contribution in [0.4, 0.5) is 11.8 Å². The standard InChI is InChI=1S/C25H32N6O2/c1-29(2)24-19(7-6-12-26-24)16-31-13-14-33-22(17-31)23-21(15-27-25(28-23)30(3)4)18-8-10-20(32-5)11-9-18/h6-12,15,22H,13-14,16-17H2,1-5H3. The van der Waals surface area contributed by atoms with Gasteiger partial charge in [0.1, 0.15) is 17.7 Å². The van der Waals surface area contributed by atoms with Crippen molar-refractivity contribution in [1.29, 1.82) is 0 Å². The highest BCUT2D eigenvalue weighted by atomic mass is 16.5. The van der Waals surface area contributed by atoms with E-state index in [-0.39, 0.29) is 6.10 Å². The van der Waals surface area contributed by atoms with Crippen LogP contribution < -0.4 is 14.5 Å². The number of hydrogen-bond acceptors (Lipinski definition) is 8. The summed E-state index contributed by atoms with van der Waals surface area (Å²) < 4.78 is 11.6. The Morgan fingerprint density at radius 3 is 2.55 bits per heavy atom. The predicted octanol–water partition coefficient (Wildman–Crippen LogP) is 3.25. The number of pyridine rings is 1. The lowest BCUT2D eigenvalue weighted by molar-refractivity contribution is -0.0346. The van der Waals surface area contributed by atoms with E-state index in [0.29, 0.717) is 12.6 Å². The number of nitrogens with zero attached hydrogens (tertiary/aromatic N) is 6. The zero-order valence-electron chi connectivity index (χ0n) is 20.0. The Morgan fingerprint density at radius 2 is 1.85 bits per heavy atom. The van der Waals surface area contributed by atoms with Crippen molar-refractivity contribution in [2.24, 2.45) is 0 Å². The SMILES string of the molecule is COc1ccc(-c2cnc(N(C)C)nc2C2CN(Cc3cccnc3N(C)C)CCO2)cc1. The molecule has 0 bridgehead atoms. The smallest absolute Gasteiger partial charge is 0.225 e. The van der Waals surface area contributed by atoms with Crippen LogP contribution >= 0.6 is 0 Å². The monoisotopic (exact) mass is 448 g/mol. The Labute approximate surface area is 195 Å². The third-order valence-electron chi connectivity index (χ3n) is 5.75. The lowest BCUT2D eigenvalue weighted by Gasteiger charge is -2.34. The first-order chi connectivity index (χ1) is 16.0. The summed E-state index contributed by atoms with van der Waals surface area (Å²) in [6, 6.07) is 12.1. The second kappa shape index (κ2) is 10.1. The number of rotatable bonds is 7. The number of anilines is 2. The van der Waals surface area contributed by atoms with Crippen molar-refractivity contribution in [2.75, 3.05) is 64.8 Å². The molecular weight excluding hydrogens is 416 g/mol. The zero-order chi connectivity index (χ0) is 23.4. The molecule has 1 unspecified atom stereocenters. The fourth-order valence-electron chi connectivity index (χ4n) is 4.05. The molecule has 1 aromatic carbocycles. The maximum Gasteiger partial charge on any atom is 0.225 e. The lowest BCUT2D eigenvalue weighted by Crippen LogP contribution is -2.38. The van der Waals surface area contributed by atoms with Crippen LogP contribution in [0.5, 0.6) is 5.75 Å². The van der Waals surface area contributed by atoms with Gasteiger partial charge in [-0.05, 0) is 23.8 Å². The second-order valence-corrected chi connectivity index (χ2v) is 8.57. The van der Waals surface area contributed by atoms with E-state index in [1.807, 2.05) is 75.8 Å². The zero-order valence-corrected chi connectivity index (χ0v) is 20.0. The Morgan fingerprint density at radius 1 is 1.06 bits per heavy atom. The van der Waals surface area contributed by atoms with E-state index in [0.717, 1.165) is 48.0 Å². The first kappa shape index (κ1) is 22.9. The molecule has 0 amide bonds. The van der Waals surface area contributed by atoms with E-state index >= 15 is 0 Å². The van der Waals surface area contributed by atoms with Crippen LogP contribution in [-0.4, -0.2) is 74.8 Å². The van der Waals surface area contributed by atoms with Gasteiger partial charge in [-0.2, -0.15) is 0 Å². The molecule has 33 heavy (non-hydrogen) atoms. The van der Waals surface area contributed by atoms with E-state index in [1.54, 1.807) is 7.11 Å². The van der Waals surface area contributed by atoms with Crippen LogP contribution in [0.15, 0.2) is 48.8 Å². The average Bonchev–Trinajstić information content (AvgIpc) is 2.84. The van der Waals surface area contributed by atoms with Gasteiger partial charge in [0, 0.05) is 71.3 Å². The molecule has 1 fully saturated rings. The fraction of sp³-hybridized carbons (Fsp3) is 0.400. The minimum absolute atomic E-state index is 0.156. The molecule has 3 aromatic rings. The van der Waals surface area contributed by atoms with Crippen LogP contribution in [0.2, 0.25) is 0 Å². The molecule has 8 heteroatoms. The lowest BCUT2D eigenvalue weighted by atomic mass is 10.0. The third kappa shape index (κ3) is 5.23. The van der Waals surface area contributed by atoms with Crippen molar-refractivity contribution in [3.05, 3.63) is 60.0 Å². The van der Waals surface area contributed by atoms with E-state index in [9.17, 15) is 0 Å². The summed E-state index contributed by atoms with van der Waals surface area (Å²) in [6.45, 7) is 3.06. The molecule has 8 nitrogen and oxygen atoms in total. The highest BCUT2D eigenvalue weighted by Gasteiger charge is 2.27. The first-order valence-corrected chi connectivity index (χ1v) is 11.1. The molecule has 0 radical (unpaired) electrons. The second-order valence-electron chi connectivity index (χ2n) is 8.57. The minimum atomic E-state index is -0.156. The predicted molar refractivity (Wildman–Crippen MR) is 131 cm³/mol. The van der Waals surface area contributed by atoms with Gasteiger partial charge in [-0.15, -0.1) is 0 Å². The van der Waals surface area contributed by atoms with Crippen molar-refractivity contribution in [3.63, 3.8) is 0 Å². The van der Waals surface area contributed by atoms with E-state index in [4.69, 9.17) is 14.5 Å². The molecule has 1 aliphatic heterocycles. The summed E-state index contributed by atoms with van der Waals surface area (Å²) in [7, 11) is 9.62. The first-order valence-electron chi connectivity index (χ1n) is 11.1. The quantitative estimate of drug-likeness (QED) is 0.546. The highest BCUT2D eigenvalue weighted by Crippen LogP contribution is 2.33. The van der Waals surface area contributed by atoms with Gasteiger partial charge >= 0.3 is 0 Å². The number of methoxy groups -OCH3 is 1. The summed E-state index contributed by atoms with van der Waals surface area (Å²) in [5.41, 5.74) is 4.13. The molecule has 1 saturated heterocycles. The highest BCUT2D eigenvalue weighted by molar-refractivity contribution is 5.67. The van der Waals surface area contributed by atoms with Gasteiger partial charge < -0.3 is 19.3 Å². The summed E-state index contributed by atoms with van der Waals surface area (Å²) in [5, 5.41) is 0. The molecule has 2 aromatic heterocycles. The Kier molecular flexibility index (Phi) is 7.05. The van der Waals surface area contributed by atoms with Gasteiger partial charge in [0.05, 0.1) is 19.4 Å². The van der Waals surface area contributed by atoms with E-state index in [2.05, 4.69) is 25.8 Å². The number of benzene rings is 1. The van der Waals surface area contributed by atoms with Gasteiger partial charge in [0.25, 0.3) is 0 Å². The Hall–Kier alpha value is -3.23. The van der Waals surface area contributed by atoms with E-state index in [1.165, 1.54) is 5.56 Å². The minimum Gasteiger partial charge on any atom is -0.497 e. The molecule has 1 aliphatic rings. The summed E-state index contributed by atoms with van der Waals surface area (Å²) in [4.78, 5) is 20.4. The molecular formula is C25H32N6O2. The van der Waals surface area contributed by atoms with Gasteiger partial charge in [-0.25, -0.2) is 15.0 Å². The summed E-state index contributed by atoms with van der Waals surface area (Å²) in [5.74, 6) is 2.49. The van der Waals surface area contributed by atoms with Crippen LogP contribution in [-0.2, 0) is 11.3 Å². The van der Waals surface area contributed by atoms with Crippen LogP contribution in [0.1, 0.15) is 17.4 Å². The maximum atomic E-state index is 6.25. The maximum absolute atomic E-state index is 6.25. The number of morpholine rings is 1. The molecule has 0 spiro atoms. The molecule has 4 rings (SSSR count). The average molecular weight is 449 g/mol. The normalized spacial score (nSPS) is 16.5. The van der Waals surface area contributed by atoms with Gasteiger partial charge in [0.15, 0.2) is 0 Å².